The molecule has 0 bridgehead atoms. The first-order chi connectivity index (χ1) is 14.2. The molecule has 0 N–H and O–H groups in total. The van der Waals surface area contributed by atoms with E-state index in [1.807, 2.05) is 12.1 Å². The summed E-state index contributed by atoms with van der Waals surface area (Å²) in [4.78, 5) is 17.2. The SMILES string of the molecule is O=C(CN1CCN(C(c2ccccc2)c2ccccc2)CC1)c1ccc(F)cc1. The smallest absolute Gasteiger partial charge is 0.176 e. The van der Waals surface area contributed by atoms with Crippen molar-refractivity contribution in [3.8, 4) is 0 Å². The van der Waals surface area contributed by atoms with Crippen LogP contribution in [0.15, 0.2) is 84.9 Å². The van der Waals surface area contributed by atoms with Crippen LogP contribution >= 0.6 is 0 Å². The first kappa shape index (κ1) is 19.5. The van der Waals surface area contributed by atoms with Gasteiger partial charge in [-0.1, -0.05) is 60.7 Å². The first-order valence-electron chi connectivity index (χ1n) is 10.1. The van der Waals surface area contributed by atoms with Gasteiger partial charge in [0.1, 0.15) is 5.82 Å². The fourth-order valence-corrected chi connectivity index (χ4v) is 3.99. The topological polar surface area (TPSA) is 23.6 Å². The molecule has 3 aromatic carbocycles. The van der Waals surface area contributed by atoms with Crippen molar-refractivity contribution in [2.75, 3.05) is 32.7 Å². The normalized spacial score (nSPS) is 15.5. The Morgan fingerprint density at radius 1 is 0.759 bits per heavy atom. The zero-order chi connectivity index (χ0) is 20.1. The third-order valence-electron chi connectivity index (χ3n) is 5.54. The fourth-order valence-electron chi connectivity index (χ4n) is 3.99. The number of hydrogen-bond donors (Lipinski definition) is 0. The maximum atomic E-state index is 13.1. The second-order valence-electron chi connectivity index (χ2n) is 7.47. The van der Waals surface area contributed by atoms with Crippen LogP contribution in [0, 0.1) is 5.82 Å². The molecule has 0 radical (unpaired) electrons. The van der Waals surface area contributed by atoms with Crippen molar-refractivity contribution in [2.45, 2.75) is 6.04 Å². The standard InChI is InChI=1S/C25H25FN2O/c26-23-13-11-20(12-14-23)24(29)19-27-15-17-28(18-16-27)25(21-7-3-1-4-8-21)22-9-5-2-6-10-22/h1-14,25H,15-19H2. The van der Waals surface area contributed by atoms with E-state index >= 15 is 0 Å². The van der Waals surface area contributed by atoms with E-state index in [2.05, 4.69) is 58.3 Å². The Morgan fingerprint density at radius 2 is 1.28 bits per heavy atom. The van der Waals surface area contributed by atoms with Gasteiger partial charge in [0.2, 0.25) is 0 Å². The molecule has 0 aliphatic carbocycles. The van der Waals surface area contributed by atoms with E-state index in [0.29, 0.717) is 12.1 Å². The van der Waals surface area contributed by atoms with Crippen molar-refractivity contribution < 1.29 is 9.18 Å². The van der Waals surface area contributed by atoms with Gasteiger partial charge < -0.3 is 0 Å². The molecule has 1 aliphatic heterocycles. The van der Waals surface area contributed by atoms with Crippen LogP contribution < -0.4 is 0 Å². The van der Waals surface area contributed by atoms with E-state index in [4.69, 9.17) is 0 Å². The third-order valence-corrected chi connectivity index (χ3v) is 5.54. The van der Waals surface area contributed by atoms with Gasteiger partial charge in [-0.2, -0.15) is 0 Å². The molecule has 1 fully saturated rings. The van der Waals surface area contributed by atoms with E-state index in [-0.39, 0.29) is 17.6 Å². The second kappa shape index (κ2) is 9.12. The van der Waals surface area contributed by atoms with Crippen LogP contribution in [0.2, 0.25) is 0 Å². The highest BCUT2D eigenvalue weighted by Gasteiger charge is 2.27. The minimum absolute atomic E-state index is 0.0427. The minimum atomic E-state index is -0.317. The van der Waals surface area contributed by atoms with Gasteiger partial charge in [-0.15, -0.1) is 0 Å². The number of halogens is 1. The van der Waals surface area contributed by atoms with E-state index in [9.17, 15) is 9.18 Å². The Morgan fingerprint density at radius 3 is 1.79 bits per heavy atom. The molecule has 0 unspecified atom stereocenters. The Labute approximate surface area is 171 Å². The predicted molar refractivity (Wildman–Crippen MR) is 113 cm³/mol. The molecule has 0 aromatic heterocycles. The van der Waals surface area contributed by atoms with Crippen molar-refractivity contribution in [1.29, 1.82) is 0 Å². The number of hydrogen-bond acceptors (Lipinski definition) is 3. The van der Waals surface area contributed by atoms with Crippen LogP contribution in [-0.2, 0) is 0 Å². The molecule has 3 aromatic rings. The zero-order valence-corrected chi connectivity index (χ0v) is 16.4. The van der Waals surface area contributed by atoms with Gasteiger partial charge in [0, 0.05) is 31.7 Å². The fraction of sp³-hybridized carbons (Fsp3) is 0.240. The summed E-state index contributed by atoms with van der Waals surface area (Å²) in [6.07, 6.45) is 0. The Hall–Kier alpha value is -2.82. The highest BCUT2D eigenvalue weighted by molar-refractivity contribution is 5.97. The van der Waals surface area contributed by atoms with E-state index < -0.39 is 0 Å². The molecule has 0 saturated carbocycles. The molecule has 1 saturated heterocycles. The monoisotopic (exact) mass is 388 g/mol. The molecule has 0 amide bonds. The van der Waals surface area contributed by atoms with E-state index in [0.717, 1.165) is 26.2 Å². The van der Waals surface area contributed by atoms with Gasteiger partial charge in [-0.3, -0.25) is 14.6 Å². The Kier molecular flexibility index (Phi) is 6.13. The number of benzene rings is 3. The maximum Gasteiger partial charge on any atom is 0.176 e. The summed E-state index contributed by atoms with van der Waals surface area (Å²) in [5.74, 6) is -0.274. The number of Topliss-reactive ketones (excluding diaryl/α,β-unsaturated/α-hetero) is 1. The van der Waals surface area contributed by atoms with Crippen molar-refractivity contribution >= 4 is 5.78 Å². The van der Waals surface area contributed by atoms with Crippen LogP contribution in [-0.4, -0.2) is 48.3 Å². The van der Waals surface area contributed by atoms with Crippen molar-refractivity contribution in [3.63, 3.8) is 0 Å². The minimum Gasteiger partial charge on any atom is -0.293 e. The van der Waals surface area contributed by atoms with Crippen LogP contribution in [0.3, 0.4) is 0 Å². The summed E-state index contributed by atoms with van der Waals surface area (Å²) in [5, 5.41) is 0. The number of piperazine rings is 1. The van der Waals surface area contributed by atoms with E-state index in [1.165, 1.54) is 23.3 Å². The lowest BCUT2D eigenvalue weighted by Crippen LogP contribution is -2.49. The Bertz CT molecular complexity index is 881. The van der Waals surface area contributed by atoms with Gasteiger partial charge in [-0.25, -0.2) is 4.39 Å². The maximum absolute atomic E-state index is 13.1. The number of ketones is 1. The lowest BCUT2D eigenvalue weighted by Gasteiger charge is -2.39. The molecule has 0 atom stereocenters. The van der Waals surface area contributed by atoms with Gasteiger partial charge in [0.05, 0.1) is 12.6 Å². The lowest BCUT2D eigenvalue weighted by atomic mass is 9.96. The third kappa shape index (κ3) is 4.78. The molecule has 4 rings (SSSR count). The highest BCUT2D eigenvalue weighted by atomic mass is 19.1. The summed E-state index contributed by atoms with van der Waals surface area (Å²) in [6.45, 7) is 3.84. The molecule has 3 nitrogen and oxygen atoms in total. The summed E-state index contributed by atoms with van der Waals surface area (Å²) < 4.78 is 13.1. The number of carbonyl (C=O) groups excluding carboxylic acids is 1. The average Bonchev–Trinajstić information content (AvgIpc) is 2.77. The van der Waals surface area contributed by atoms with Crippen LogP contribution in [0.25, 0.3) is 0 Å². The van der Waals surface area contributed by atoms with Crippen molar-refractivity contribution in [3.05, 3.63) is 107 Å². The van der Waals surface area contributed by atoms with Crippen LogP contribution in [0.1, 0.15) is 27.5 Å². The molecule has 4 heteroatoms. The number of carbonyl (C=O) groups is 1. The summed E-state index contributed by atoms with van der Waals surface area (Å²) in [6, 6.07) is 27.2. The largest absolute Gasteiger partial charge is 0.293 e. The van der Waals surface area contributed by atoms with Crippen molar-refractivity contribution in [1.82, 2.24) is 9.80 Å². The Balaban J connectivity index is 1.43. The number of rotatable bonds is 6. The molecular formula is C25H25FN2O. The van der Waals surface area contributed by atoms with Crippen molar-refractivity contribution in [2.24, 2.45) is 0 Å². The van der Waals surface area contributed by atoms with Crippen LogP contribution in [0.4, 0.5) is 4.39 Å². The quantitative estimate of drug-likeness (QED) is 0.584. The average molecular weight is 388 g/mol. The summed E-state index contributed by atoms with van der Waals surface area (Å²) in [7, 11) is 0. The molecule has 0 spiro atoms. The molecular weight excluding hydrogens is 363 g/mol. The van der Waals surface area contributed by atoms with Gasteiger partial charge in [0.15, 0.2) is 5.78 Å². The molecule has 1 heterocycles. The van der Waals surface area contributed by atoms with E-state index in [1.54, 1.807) is 12.1 Å². The van der Waals surface area contributed by atoms with Gasteiger partial charge in [0.25, 0.3) is 0 Å². The molecule has 29 heavy (non-hydrogen) atoms. The lowest BCUT2D eigenvalue weighted by molar-refractivity contribution is 0.0808. The zero-order valence-electron chi connectivity index (χ0n) is 16.4. The van der Waals surface area contributed by atoms with Gasteiger partial charge >= 0.3 is 0 Å². The number of nitrogens with zero attached hydrogens (tertiary/aromatic N) is 2. The summed E-state index contributed by atoms with van der Waals surface area (Å²) in [5.41, 5.74) is 3.14. The summed E-state index contributed by atoms with van der Waals surface area (Å²) >= 11 is 0. The van der Waals surface area contributed by atoms with Crippen LogP contribution in [0.5, 0.6) is 0 Å². The van der Waals surface area contributed by atoms with Gasteiger partial charge in [-0.05, 0) is 35.4 Å². The molecule has 148 valence electrons. The molecule has 1 aliphatic rings. The second-order valence-corrected chi connectivity index (χ2v) is 7.47. The highest BCUT2D eigenvalue weighted by Crippen LogP contribution is 2.29. The first-order valence-corrected chi connectivity index (χ1v) is 10.1. The predicted octanol–water partition coefficient (Wildman–Crippen LogP) is 4.42.